The SMILES string of the molecule is CCC(C)(CNC(=O)NCc1ccco1)C(=O)O. The van der Waals surface area contributed by atoms with Crippen molar-refractivity contribution < 1.29 is 19.1 Å². The topological polar surface area (TPSA) is 91.6 Å². The maximum atomic E-state index is 11.5. The van der Waals surface area contributed by atoms with E-state index in [0.717, 1.165) is 0 Å². The van der Waals surface area contributed by atoms with Crippen LogP contribution < -0.4 is 10.6 Å². The molecule has 6 heteroatoms. The van der Waals surface area contributed by atoms with Gasteiger partial charge in [0, 0.05) is 6.54 Å². The van der Waals surface area contributed by atoms with Gasteiger partial charge in [0.05, 0.1) is 18.2 Å². The summed E-state index contributed by atoms with van der Waals surface area (Å²) in [6, 6.07) is 3.06. The zero-order valence-electron chi connectivity index (χ0n) is 10.5. The second-order valence-electron chi connectivity index (χ2n) is 4.33. The van der Waals surface area contributed by atoms with E-state index < -0.39 is 17.4 Å². The Morgan fingerprint density at radius 2 is 2.17 bits per heavy atom. The summed E-state index contributed by atoms with van der Waals surface area (Å²) < 4.78 is 5.05. The molecule has 0 aromatic carbocycles. The molecule has 1 unspecified atom stereocenters. The van der Waals surface area contributed by atoms with Gasteiger partial charge in [0.2, 0.25) is 0 Å². The van der Waals surface area contributed by atoms with Crippen molar-refractivity contribution in [2.45, 2.75) is 26.8 Å². The monoisotopic (exact) mass is 254 g/mol. The lowest BCUT2D eigenvalue weighted by Crippen LogP contribution is -2.44. The van der Waals surface area contributed by atoms with Crippen LogP contribution in [0.25, 0.3) is 0 Å². The smallest absolute Gasteiger partial charge is 0.315 e. The largest absolute Gasteiger partial charge is 0.481 e. The highest BCUT2D eigenvalue weighted by Gasteiger charge is 2.31. The molecular weight excluding hydrogens is 236 g/mol. The van der Waals surface area contributed by atoms with Gasteiger partial charge in [0.25, 0.3) is 0 Å². The highest BCUT2D eigenvalue weighted by atomic mass is 16.4. The van der Waals surface area contributed by atoms with Gasteiger partial charge in [-0.3, -0.25) is 4.79 Å². The van der Waals surface area contributed by atoms with Gasteiger partial charge in [-0.1, -0.05) is 6.92 Å². The predicted octanol–water partition coefficient (Wildman–Crippen LogP) is 1.58. The molecule has 1 heterocycles. The van der Waals surface area contributed by atoms with E-state index >= 15 is 0 Å². The Morgan fingerprint density at radius 1 is 1.44 bits per heavy atom. The van der Waals surface area contributed by atoms with Crippen LogP contribution in [0.5, 0.6) is 0 Å². The Hall–Kier alpha value is -1.98. The zero-order chi connectivity index (χ0) is 13.6. The first-order valence-corrected chi connectivity index (χ1v) is 5.75. The Bertz CT molecular complexity index is 402. The first kappa shape index (κ1) is 14.1. The summed E-state index contributed by atoms with van der Waals surface area (Å²) in [6.45, 7) is 3.73. The molecule has 1 rings (SSSR count). The van der Waals surface area contributed by atoms with Gasteiger partial charge in [0.1, 0.15) is 5.76 Å². The van der Waals surface area contributed by atoms with Crippen molar-refractivity contribution in [3.63, 3.8) is 0 Å². The van der Waals surface area contributed by atoms with Crippen LogP contribution in [0, 0.1) is 5.41 Å². The Morgan fingerprint density at radius 3 is 2.67 bits per heavy atom. The van der Waals surface area contributed by atoms with Crippen LogP contribution in [-0.2, 0) is 11.3 Å². The van der Waals surface area contributed by atoms with E-state index in [4.69, 9.17) is 9.52 Å². The molecule has 2 amide bonds. The van der Waals surface area contributed by atoms with Gasteiger partial charge in [-0.05, 0) is 25.5 Å². The predicted molar refractivity (Wildman–Crippen MR) is 65.0 cm³/mol. The van der Waals surface area contributed by atoms with E-state index in [0.29, 0.717) is 12.2 Å². The summed E-state index contributed by atoms with van der Waals surface area (Å²) in [6.07, 6.45) is 1.97. The average Bonchev–Trinajstić information content (AvgIpc) is 2.86. The van der Waals surface area contributed by atoms with Crippen molar-refractivity contribution >= 4 is 12.0 Å². The molecule has 3 N–H and O–H groups in total. The lowest BCUT2D eigenvalue weighted by molar-refractivity contribution is -0.147. The maximum absolute atomic E-state index is 11.5. The fraction of sp³-hybridized carbons (Fsp3) is 0.500. The summed E-state index contributed by atoms with van der Waals surface area (Å²) in [5.41, 5.74) is -0.942. The van der Waals surface area contributed by atoms with Crippen LogP contribution in [0.15, 0.2) is 22.8 Å². The molecule has 0 bridgehead atoms. The summed E-state index contributed by atoms with van der Waals surface area (Å²) >= 11 is 0. The van der Waals surface area contributed by atoms with E-state index in [1.165, 1.54) is 6.26 Å². The molecule has 0 radical (unpaired) electrons. The summed E-state index contributed by atoms with van der Waals surface area (Å²) in [4.78, 5) is 22.5. The number of furan rings is 1. The summed E-state index contributed by atoms with van der Waals surface area (Å²) in [5, 5.41) is 14.2. The lowest BCUT2D eigenvalue weighted by Gasteiger charge is -2.23. The number of nitrogens with one attached hydrogen (secondary N) is 2. The molecule has 0 saturated carbocycles. The Kier molecular flexibility index (Phi) is 4.76. The third kappa shape index (κ3) is 3.80. The molecular formula is C12H18N2O4. The van der Waals surface area contributed by atoms with Gasteiger partial charge in [-0.2, -0.15) is 0 Å². The second kappa shape index (κ2) is 6.09. The van der Waals surface area contributed by atoms with E-state index in [2.05, 4.69) is 10.6 Å². The van der Waals surface area contributed by atoms with Crippen LogP contribution in [-0.4, -0.2) is 23.7 Å². The number of carboxylic acids is 1. The Labute approximate surface area is 105 Å². The second-order valence-corrected chi connectivity index (χ2v) is 4.33. The number of amides is 2. The zero-order valence-corrected chi connectivity index (χ0v) is 10.5. The third-order valence-corrected chi connectivity index (χ3v) is 2.94. The van der Waals surface area contributed by atoms with Crippen LogP contribution >= 0.6 is 0 Å². The normalized spacial score (nSPS) is 13.7. The molecule has 0 aliphatic heterocycles. The fourth-order valence-electron chi connectivity index (χ4n) is 1.27. The van der Waals surface area contributed by atoms with Crippen molar-refractivity contribution in [3.8, 4) is 0 Å². The minimum absolute atomic E-state index is 0.0861. The van der Waals surface area contributed by atoms with Crippen molar-refractivity contribution in [2.75, 3.05) is 6.54 Å². The van der Waals surface area contributed by atoms with E-state index in [1.54, 1.807) is 26.0 Å². The molecule has 0 aliphatic rings. The summed E-state index contributed by atoms with van der Waals surface area (Å²) in [7, 11) is 0. The third-order valence-electron chi connectivity index (χ3n) is 2.94. The highest BCUT2D eigenvalue weighted by molar-refractivity contribution is 5.77. The molecule has 1 atom stereocenters. The first-order chi connectivity index (χ1) is 8.48. The van der Waals surface area contributed by atoms with Gasteiger partial charge in [0.15, 0.2) is 0 Å². The van der Waals surface area contributed by atoms with Crippen LogP contribution in [0.3, 0.4) is 0 Å². The minimum atomic E-state index is -0.942. The number of carbonyl (C=O) groups is 2. The van der Waals surface area contributed by atoms with Crippen LogP contribution in [0.2, 0.25) is 0 Å². The van der Waals surface area contributed by atoms with E-state index in [-0.39, 0.29) is 13.1 Å². The lowest BCUT2D eigenvalue weighted by atomic mass is 9.88. The van der Waals surface area contributed by atoms with Crippen LogP contribution in [0.1, 0.15) is 26.0 Å². The van der Waals surface area contributed by atoms with E-state index in [1.807, 2.05) is 0 Å². The van der Waals surface area contributed by atoms with Gasteiger partial charge < -0.3 is 20.2 Å². The van der Waals surface area contributed by atoms with Crippen molar-refractivity contribution in [3.05, 3.63) is 24.2 Å². The molecule has 100 valence electrons. The van der Waals surface area contributed by atoms with Crippen molar-refractivity contribution in [1.82, 2.24) is 10.6 Å². The molecule has 0 saturated heterocycles. The van der Waals surface area contributed by atoms with Gasteiger partial charge >= 0.3 is 12.0 Å². The number of hydrogen-bond acceptors (Lipinski definition) is 3. The van der Waals surface area contributed by atoms with Crippen molar-refractivity contribution in [1.29, 1.82) is 0 Å². The van der Waals surface area contributed by atoms with E-state index in [9.17, 15) is 9.59 Å². The number of urea groups is 1. The number of aliphatic carboxylic acids is 1. The fourth-order valence-corrected chi connectivity index (χ4v) is 1.27. The minimum Gasteiger partial charge on any atom is -0.481 e. The molecule has 0 fully saturated rings. The number of carboxylic acid groups (broad SMARTS) is 1. The number of hydrogen-bond donors (Lipinski definition) is 3. The molecule has 1 aromatic heterocycles. The van der Waals surface area contributed by atoms with Crippen molar-refractivity contribution in [2.24, 2.45) is 5.41 Å². The standard InChI is InChI=1S/C12H18N2O4/c1-3-12(2,10(15)16)8-14-11(17)13-7-9-5-4-6-18-9/h4-6H,3,7-8H2,1-2H3,(H,15,16)(H2,13,14,17). The Balaban J connectivity index is 2.34. The summed E-state index contributed by atoms with van der Waals surface area (Å²) in [5.74, 6) is -0.280. The number of rotatable bonds is 6. The molecule has 18 heavy (non-hydrogen) atoms. The molecule has 0 aliphatic carbocycles. The maximum Gasteiger partial charge on any atom is 0.315 e. The van der Waals surface area contributed by atoms with Gasteiger partial charge in [-0.25, -0.2) is 4.79 Å². The molecule has 1 aromatic rings. The average molecular weight is 254 g/mol. The highest BCUT2D eigenvalue weighted by Crippen LogP contribution is 2.19. The molecule has 0 spiro atoms. The first-order valence-electron chi connectivity index (χ1n) is 5.75. The van der Waals surface area contributed by atoms with Gasteiger partial charge in [-0.15, -0.1) is 0 Å². The van der Waals surface area contributed by atoms with Crippen LogP contribution in [0.4, 0.5) is 4.79 Å². The quantitative estimate of drug-likeness (QED) is 0.718. The number of carbonyl (C=O) groups excluding carboxylic acids is 1. The molecule has 6 nitrogen and oxygen atoms in total.